The number of halogens is 1. The van der Waals surface area contributed by atoms with Crippen molar-refractivity contribution < 1.29 is 13.9 Å². The first-order valence-corrected chi connectivity index (χ1v) is 9.76. The highest BCUT2D eigenvalue weighted by Gasteiger charge is 2.42. The van der Waals surface area contributed by atoms with Gasteiger partial charge in [-0.2, -0.15) is 0 Å². The smallest absolute Gasteiger partial charge is 0.234 e. The van der Waals surface area contributed by atoms with Gasteiger partial charge in [-0.05, 0) is 42.9 Å². The van der Waals surface area contributed by atoms with Crippen LogP contribution in [0.1, 0.15) is 18.4 Å². The number of hydrogen-bond acceptors (Lipinski definition) is 4. The summed E-state index contributed by atoms with van der Waals surface area (Å²) in [5.41, 5.74) is 1.03. The van der Waals surface area contributed by atoms with Crippen LogP contribution in [-0.4, -0.2) is 73.7 Å². The van der Waals surface area contributed by atoms with Crippen molar-refractivity contribution in [3.63, 3.8) is 0 Å². The quantitative estimate of drug-likeness (QED) is 0.829. The first-order valence-electron chi connectivity index (χ1n) is 9.76. The standard InChI is InChI=1S/C20H28FN3O2/c21-17-5-1-15(2-6-17)7-8-22-20(25)12-23-9-10-24-18(11-23)13-26-14-19(24)16-3-4-16/h1-2,5-6,16,18-19H,3-4,7-14H2,(H,22,25)/t18-,19-/m1/s1. The lowest BCUT2D eigenvalue weighted by Crippen LogP contribution is -2.63. The van der Waals surface area contributed by atoms with E-state index in [4.69, 9.17) is 4.74 Å². The van der Waals surface area contributed by atoms with Crippen molar-refractivity contribution in [2.45, 2.75) is 31.3 Å². The summed E-state index contributed by atoms with van der Waals surface area (Å²) in [5, 5.41) is 2.98. The lowest BCUT2D eigenvalue weighted by Gasteiger charge is -2.48. The molecule has 2 saturated heterocycles. The second-order valence-corrected chi connectivity index (χ2v) is 7.80. The predicted octanol–water partition coefficient (Wildman–Crippen LogP) is 1.28. The Morgan fingerprint density at radius 3 is 2.77 bits per heavy atom. The Hall–Kier alpha value is -1.50. The van der Waals surface area contributed by atoms with Gasteiger partial charge in [0.15, 0.2) is 0 Å². The van der Waals surface area contributed by atoms with E-state index in [-0.39, 0.29) is 11.7 Å². The molecule has 2 aliphatic heterocycles. The van der Waals surface area contributed by atoms with E-state index in [0.29, 0.717) is 25.2 Å². The monoisotopic (exact) mass is 361 g/mol. The third-order valence-electron chi connectivity index (χ3n) is 5.82. The number of ether oxygens (including phenoxy) is 1. The van der Waals surface area contributed by atoms with Crippen LogP contribution in [0.15, 0.2) is 24.3 Å². The summed E-state index contributed by atoms with van der Waals surface area (Å²) in [7, 11) is 0. The fraction of sp³-hybridized carbons (Fsp3) is 0.650. The zero-order valence-corrected chi connectivity index (χ0v) is 15.2. The van der Waals surface area contributed by atoms with Crippen molar-refractivity contribution in [2.24, 2.45) is 5.92 Å². The van der Waals surface area contributed by atoms with Crippen LogP contribution in [-0.2, 0) is 16.0 Å². The van der Waals surface area contributed by atoms with Crippen LogP contribution in [0.25, 0.3) is 0 Å². The van der Waals surface area contributed by atoms with Gasteiger partial charge in [0.25, 0.3) is 0 Å². The molecule has 4 rings (SSSR count). The fourth-order valence-electron chi connectivity index (χ4n) is 4.23. The Labute approximate surface area is 154 Å². The van der Waals surface area contributed by atoms with E-state index in [1.165, 1.54) is 25.0 Å². The van der Waals surface area contributed by atoms with Crippen LogP contribution in [0.3, 0.4) is 0 Å². The second kappa shape index (κ2) is 8.03. The molecule has 6 heteroatoms. The van der Waals surface area contributed by atoms with Crippen molar-refractivity contribution in [1.29, 1.82) is 0 Å². The molecule has 5 nitrogen and oxygen atoms in total. The number of morpholine rings is 1. The molecule has 3 fully saturated rings. The van der Waals surface area contributed by atoms with E-state index < -0.39 is 0 Å². The number of hydrogen-bond donors (Lipinski definition) is 1. The van der Waals surface area contributed by atoms with Crippen LogP contribution >= 0.6 is 0 Å². The molecular weight excluding hydrogens is 333 g/mol. The molecule has 1 aromatic rings. The summed E-state index contributed by atoms with van der Waals surface area (Å²) in [4.78, 5) is 17.1. The number of carbonyl (C=O) groups is 1. The molecule has 2 atom stereocenters. The molecule has 1 aromatic carbocycles. The summed E-state index contributed by atoms with van der Waals surface area (Å²) in [6.07, 6.45) is 3.41. The number of amides is 1. The number of benzene rings is 1. The van der Waals surface area contributed by atoms with Gasteiger partial charge < -0.3 is 10.1 Å². The van der Waals surface area contributed by atoms with Gasteiger partial charge in [-0.3, -0.25) is 14.6 Å². The Kier molecular flexibility index (Phi) is 5.52. The van der Waals surface area contributed by atoms with E-state index in [9.17, 15) is 9.18 Å². The first-order chi connectivity index (χ1) is 12.7. The molecule has 0 radical (unpaired) electrons. The SMILES string of the molecule is O=C(CN1CCN2[C@@H](COC[C@@H]2C2CC2)C1)NCCc1ccc(F)cc1. The zero-order chi connectivity index (χ0) is 17.9. The van der Waals surface area contributed by atoms with E-state index >= 15 is 0 Å². The van der Waals surface area contributed by atoms with Gasteiger partial charge in [0.2, 0.25) is 5.91 Å². The van der Waals surface area contributed by atoms with E-state index in [2.05, 4.69) is 15.1 Å². The van der Waals surface area contributed by atoms with E-state index in [1.807, 2.05) is 0 Å². The molecule has 3 aliphatic rings. The Morgan fingerprint density at radius 1 is 1.19 bits per heavy atom. The van der Waals surface area contributed by atoms with Crippen molar-refractivity contribution in [1.82, 2.24) is 15.1 Å². The molecule has 1 saturated carbocycles. The highest BCUT2D eigenvalue weighted by atomic mass is 19.1. The highest BCUT2D eigenvalue weighted by Crippen LogP contribution is 2.38. The van der Waals surface area contributed by atoms with Crippen molar-refractivity contribution in [3.8, 4) is 0 Å². The minimum absolute atomic E-state index is 0.0658. The minimum Gasteiger partial charge on any atom is -0.378 e. The van der Waals surface area contributed by atoms with Crippen molar-refractivity contribution >= 4 is 5.91 Å². The summed E-state index contributed by atoms with van der Waals surface area (Å²) >= 11 is 0. The highest BCUT2D eigenvalue weighted by molar-refractivity contribution is 5.78. The summed E-state index contributed by atoms with van der Waals surface area (Å²) < 4.78 is 18.7. The maximum absolute atomic E-state index is 12.9. The first kappa shape index (κ1) is 17.9. The average molecular weight is 361 g/mol. The molecule has 0 unspecified atom stereocenters. The van der Waals surface area contributed by atoms with Crippen molar-refractivity contribution in [3.05, 3.63) is 35.6 Å². The average Bonchev–Trinajstić information content (AvgIpc) is 3.48. The molecule has 1 N–H and O–H groups in total. The maximum atomic E-state index is 12.9. The number of nitrogens with one attached hydrogen (secondary N) is 1. The molecule has 1 amide bonds. The van der Waals surface area contributed by atoms with Crippen LogP contribution < -0.4 is 5.32 Å². The van der Waals surface area contributed by atoms with Gasteiger partial charge in [0, 0.05) is 38.3 Å². The lowest BCUT2D eigenvalue weighted by molar-refractivity contribution is -0.125. The van der Waals surface area contributed by atoms with Crippen molar-refractivity contribution in [2.75, 3.05) is 45.9 Å². The van der Waals surface area contributed by atoms with Gasteiger partial charge >= 0.3 is 0 Å². The zero-order valence-electron chi connectivity index (χ0n) is 15.2. The van der Waals surface area contributed by atoms with Gasteiger partial charge in [0.1, 0.15) is 5.82 Å². The molecule has 142 valence electrons. The molecular formula is C20H28FN3O2. The normalized spacial score (nSPS) is 27.1. The fourth-order valence-corrected chi connectivity index (χ4v) is 4.23. The van der Waals surface area contributed by atoms with Crippen LogP contribution in [0.5, 0.6) is 0 Å². The third kappa shape index (κ3) is 4.42. The van der Waals surface area contributed by atoms with Gasteiger partial charge in [-0.1, -0.05) is 12.1 Å². The number of rotatable bonds is 6. The molecule has 0 aromatic heterocycles. The number of nitrogens with zero attached hydrogens (tertiary/aromatic N) is 2. The van der Waals surface area contributed by atoms with E-state index in [1.54, 1.807) is 12.1 Å². The largest absolute Gasteiger partial charge is 0.378 e. The Morgan fingerprint density at radius 2 is 2.00 bits per heavy atom. The van der Waals surface area contributed by atoms with Gasteiger partial charge in [0.05, 0.1) is 19.8 Å². The summed E-state index contributed by atoms with van der Waals surface area (Å²) in [5.74, 6) is 0.669. The van der Waals surface area contributed by atoms with E-state index in [0.717, 1.165) is 50.8 Å². The topological polar surface area (TPSA) is 44.8 Å². The third-order valence-corrected chi connectivity index (χ3v) is 5.82. The number of fused-ring (bicyclic) bond motifs is 1. The van der Waals surface area contributed by atoms with Crippen LogP contribution in [0.2, 0.25) is 0 Å². The second-order valence-electron chi connectivity index (χ2n) is 7.80. The van der Waals surface area contributed by atoms with Crippen LogP contribution in [0, 0.1) is 11.7 Å². The lowest BCUT2D eigenvalue weighted by atomic mass is 10.0. The van der Waals surface area contributed by atoms with Crippen LogP contribution in [0.4, 0.5) is 4.39 Å². The van der Waals surface area contributed by atoms with Gasteiger partial charge in [-0.25, -0.2) is 4.39 Å². The Balaban J connectivity index is 1.19. The molecule has 0 spiro atoms. The molecule has 26 heavy (non-hydrogen) atoms. The minimum atomic E-state index is -0.229. The predicted molar refractivity (Wildman–Crippen MR) is 97.4 cm³/mol. The molecule has 0 bridgehead atoms. The number of carbonyl (C=O) groups excluding carboxylic acids is 1. The molecule has 2 heterocycles. The van der Waals surface area contributed by atoms with Gasteiger partial charge in [-0.15, -0.1) is 0 Å². The Bertz CT molecular complexity index is 620. The maximum Gasteiger partial charge on any atom is 0.234 e. The molecule has 1 aliphatic carbocycles. The summed E-state index contributed by atoms with van der Waals surface area (Å²) in [6, 6.07) is 7.46. The summed E-state index contributed by atoms with van der Waals surface area (Å²) in [6.45, 7) is 5.59. The number of piperazine rings is 1.